The zero-order valence-corrected chi connectivity index (χ0v) is 19.1. The zero-order valence-electron chi connectivity index (χ0n) is 19.1. The minimum Gasteiger partial charge on any atom is -0.195 e. The third-order valence-electron chi connectivity index (χ3n) is 7.25. The Hall–Kier alpha value is -2.14. The van der Waals surface area contributed by atoms with E-state index in [0.29, 0.717) is 11.8 Å². The maximum Gasteiger partial charge on any atom is 0.199 e. The predicted octanol–water partition coefficient (Wildman–Crippen LogP) is 8.60. The lowest BCUT2D eigenvalue weighted by Gasteiger charge is -2.28. The first-order chi connectivity index (χ1) is 15.2. The predicted molar refractivity (Wildman–Crippen MR) is 128 cm³/mol. The lowest BCUT2D eigenvalue weighted by atomic mass is 9.77. The number of rotatable bonds is 8. The van der Waals surface area contributed by atoms with Gasteiger partial charge in [-0.15, -0.1) is 0 Å². The van der Waals surface area contributed by atoms with Crippen molar-refractivity contribution in [2.24, 2.45) is 17.8 Å². The third kappa shape index (κ3) is 7.80. The SMILES string of the molecule is CCCCc1ccc([C@H]2CC[C@H](C=C[C@H]3CC[C@H](C=CC=C(F)C#N)CC3)CC2)cc1. The number of allylic oxidation sites excluding steroid dienone is 6. The minimum atomic E-state index is -0.716. The molecule has 2 heteroatoms. The average molecular weight is 420 g/mol. The van der Waals surface area contributed by atoms with Crippen LogP contribution >= 0.6 is 0 Å². The topological polar surface area (TPSA) is 23.8 Å². The molecule has 0 bridgehead atoms. The monoisotopic (exact) mass is 419 g/mol. The average Bonchev–Trinajstić information content (AvgIpc) is 2.83. The molecule has 2 saturated carbocycles. The molecule has 0 atom stereocenters. The Morgan fingerprint density at radius 2 is 1.45 bits per heavy atom. The van der Waals surface area contributed by atoms with Gasteiger partial charge in [0.2, 0.25) is 0 Å². The number of hydrogen-bond acceptors (Lipinski definition) is 1. The van der Waals surface area contributed by atoms with Crippen LogP contribution in [0.2, 0.25) is 0 Å². The molecule has 0 aliphatic heterocycles. The van der Waals surface area contributed by atoms with Crippen LogP contribution in [-0.2, 0) is 6.42 Å². The molecule has 0 radical (unpaired) electrons. The summed E-state index contributed by atoms with van der Waals surface area (Å²) in [5, 5.41) is 8.45. The highest BCUT2D eigenvalue weighted by Gasteiger charge is 2.22. The van der Waals surface area contributed by atoms with E-state index in [0.717, 1.165) is 24.7 Å². The van der Waals surface area contributed by atoms with Gasteiger partial charge in [0.25, 0.3) is 0 Å². The van der Waals surface area contributed by atoms with E-state index in [1.54, 1.807) is 11.6 Å². The molecule has 1 aromatic rings. The highest BCUT2D eigenvalue weighted by atomic mass is 19.1. The Bertz CT molecular complexity index is 779. The van der Waals surface area contributed by atoms with E-state index >= 15 is 0 Å². The normalized spacial score (nSPS) is 27.6. The van der Waals surface area contributed by atoms with Crippen LogP contribution in [0.3, 0.4) is 0 Å². The molecule has 1 aromatic carbocycles. The summed E-state index contributed by atoms with van der Waals surface area (Å²) in [7, 11) is 0. The van der Waals surface area contributed by atoms with Gasteiger partial charge in [0.15, 0.2) is 5.83 Å². The molecule has 3 rings (SSSR count). The highest BCUT2D eigenvalue weighted by molar-refractivity contribution is 5.26. The van der Waals surface area contributed by atoms with Crippen molar-refractivity contribution in [2.75, 3.05) is 0 Å². The molecule has 2 fully saturated rings. The summed E-state index contributed by atoms with van der Waals surface area (Å²) in [6.07, 6.45) is 23.8. The van der Waals surface area contributed by atoms with Crippen molar-refractivity contribution in [2.45, 2.75) is 83.5 Å². The van der Waals surface area contributed by atoms with Crippen molar-refractivity contribution in [1.82, 2.24) is 0 Å². The van der Waals surface area contributed by atoms with Crippen molar-refractivity contribution in [3.8, 4) is 6.07 Å². The van der Waals surface area contributed by atoms with Gasteiger partial charge in [0.1, 0.15) is 6.07 Å². The van der Waals surface area contributed by atoms with Crippen molar-refractivity contribution in [1.29, 1.82) is 5.26 Å². The molecule has 0 heterocycles. The van der Waals surface area contributed by atoms with Crippen molar-refractivity contribution in [3.05, 3.63) is 71.6 Å². The van der Waals surface area contributed by atoms with Crippen LogP contribution in [0.4, 0.5) is 4.39 Å². The molecule has 2 aliphatic rings. The van der Waals surface area contributed by atoms with Gasteiger partial charge in [-0.3, -0.25) is 0 Å². The molecule has 2 aliphatic carbocycles. The van der Waals surface area contributed by atoms with E-state index in [2.05, 4.69) is 49.4 Å². The zero-order chi connectivity index (χ0) is 21.9. The molecule has 0 amide bonds. The largest absolute Gasteiger partial charge is 0.199 e. The minimum absolute atomic E-state index is 0.524. The van der Waals surface area contributed by atoms with Crippen LogP contribution in [0.5, 0.6) is 0 Å². The summed E-state index contributed by atoms with van der Waals surface area (Å²) >= 11 is 0. The number of halogens is 1. The fraction of sp³-hybridized carbons (Fsp3) is 0.552. The maximum atomic E-state index is 12.8. The standard InChI is InChI=1S/C29H38FN/c1-2-3-5-23-14-18-27(19-15-23)28-20-16-26(17-21-28)13-12-25-10-8-24(9-11-25)6-4-7-29(30)22-31/h4,6-7,12-15,18-19,24-26,28H,2-3,5,8-11,16-17,20-21H2,1H3/t24-,25-,26-,28-. The first-order valence-corrected chi connectivity index (χ1v) is 12.4. The Morgan fingerprint density at radius 3 is 2.00 bits per heavy atom. The van der Waals surface area contributed by atoms with Gasteiger partial charge in [-0.2, -0.15) is 9.65 Å². The van der Waals surface area contributed by atoms with Crippen LogP contribution in [-0.4, -0.2) is 0 Å². The van der Waals surface area contributed by atoms with E-state index in [1.165, 1.54) is 75.5 Å². The van der Waals surface area contributed by atoms with Crippen LogP contribution < -0.4 is 0 Å². The molecule has 0 saturated heterocycles. The molecular weight excluding hydrogens is 381 g/mol. The van der Waals surface area contributed by atoms with Crippen molar-refractivity contribution >= 4 is 0 Å². The highest BCUT2D eigenvalue weighted by Crippen LogP contribution is 2.37. The van der Waals surface area contributed by atoms with Crippen LogP contribution in [0.25, 0.3) is 0 Å². The molecular formula is C29H38FN. The number of benzene rings is 1. The molecule has 1 nitrogen and oxygen atoms in total. The number of unbranched alkanes of at least 4 members (excludes halogenated alkanes) is 1. The Kier molecular flexibility index (Phi) is 9.60. The number of nitrogens with zero attached hydrogens (tertiary/aromatic N) is 1. The molecule has 0 N–H and O–H groups in total. The van der Waals surface area contributed by atoms with Gasteiger partial charge in [0, 0.05) is 0 Å². The van der Waals surface area contributed by atoms with Gasteiger partial charge >= 0.3 is 0 Å². The van der Waals surface area contributed by atoms with Gasteiger partial charge in [-0.1, -0.05) is 61.9 Å². The fourth-order valence-corrected chi connectivity index (χ4v) is 5.16. The van der Waals surface area contributed by atoms with Crippen LogP contribution in [0.15, 0.2) is 60.5 Å². The summed E-state index contributed by atoms with van der Waals surface area (Å²) in [4.78, 5) is 0. The van der Waals surface area contributed by atoms with Crippen molar-refractivity contribution in [3.63, 3.8) is 0 Å². The lowest BCUT2D eigenvalue weighted by molar-refractivity contribution is 0.348. The van der Waals surface area contributed by atoms with Crippen LogP contribution in [0.1, 0.15) is 88.2 Å². The number of aryl methyl sites for hydroxylation is 1. The summed E-state index contributed by atoms with van der Waals surface area (Å²) in [5.41, 5.74) is 3.02. The second kappa shape index (κ2) is 12.7. The first-order valence-electron chi connectivity index (χ1n) is 12.4. The molecule has 0 aromatic heterocycles. The summed E-state index contributed by atoms with van der Waals surface area (Å²) in [6, 6.07) is 11.0. The summed E-state index contributed by atoms with van der Waals surface area (Å²) < 4.78 is 12.8. The maximum absolute atomic E-state index is 12.8. The molecule has 0 unspecified atom stereocenters. The fourth-order valence-electron chi connectivity index (χ4n) is 5.16. The van der Waals surface area contributed by atoms with E-state index in [9.17, 15) is 4.39 Å². The molecule has 166 valence electrons. The second-order valence-electron chi connectivity index (χ2n) is 9.53. The van der Waals surface area contributed by atoms with Gasteiger partial charge in [0.05, 0.1) is 0 Å². The molecule has 31 heavy (non-hydrogen) atoms. The van der Waals surface area contributed by atoms with E-state index < -0.39 is 5.83 Å². The number of hydrogen-bond donors (Lipinski definition) is 0. The van der Waals surface area contributed by atoms with E-state index in [-0.39, 0.29) is 0 Å². The number of nitriles is 1. The molecule has 0 spiro atoms. The summed E-state index contributed by atoms with van der Waals surface area (Å²) in [5.74, 6) is 2.00. The Balaban J connectivity index is 1.38. The van der Waals surface area contributed by atoms with Gasteiger partial charge in [-0.05, 0) is 105 Å². The smallest absolute Gasteiger partial charge is 0.195 e. The van der Waals surface area contributed by atoms with Gasteiger partial charge in [-0.25, -0.2) is 0 Å². The second-order valence-corrected chi connectivity index (χ2v) is 9.53. The lowest BCUT2D eigenvalue weighted by Crippen LogP contribution is -2.14. The third-order valence-corrected chi connectivity index (χ3v) is 7.25. The van der Waals surface area contributed by atoms with E-state index in [1.807, 2.05) is 0 Å². The quantitative estimate of drug-likeness (QED) is 0.235. The van der Waals surface area contributed by atoms with E-state index in [4.69, 9.17) is 5.26 Å². The van der Waals surface area contributed by atoms with Crippen molar-refractivity contribution < 1.29 is 4.39 Å². The Morgan fingerprint density at radius 1 is 0.903 bits per heavy atom. The Labute approximate surface area is 188 Å². The van der Waals surface area contributed by atoms with Gasteiger partial charge < -0.3 is 0 Å². The van der Waals surface area contributed by atoms with Crippen LogP contribution in [0, 0.1) is 29.1 Å². The first kappa shape index (κ1) is 23.5. The summed E-state index contributed by atoms with van der Waals surface area (Å²) in [6.45, 7) is 2.26.